The number of ether oxygens (including phenoxy) is 1. The van der Waals surface area contributed by atoms with Crippen LogP contribution < -0.4 is 0 Å². The molecule has 0 aromatic heterocycles. The van der Waals surface area contributed by atoms with Gasteiger partial charge in [0.1, 0.15) is 0 Å². The van der Waals surface area contributed by atoms with Gasteiger partial charge in [-0.15, -0.1) is 0 Å². The lowest BCUT2D eigenvalue weighted by atomic mass is 9.35. The molecule has 0 bridgehead atoms. The number of hydrogen-bond acceptors (Lipinski definition) is 3. The monoisotopic (exact) mass is 474 g/mol. The molecule has 4 fully saturated rings. The van der Waals surface area contributed by atoms with Crippen LogP contribution in [0.15, 0.2) is 11.6 Å². The van der Waals surface area contributed by atoms with E-state index in [1.807, 2.05) is 7.11 Å². The normalized spacial score (nSPS) is 49.4. The van der Waals surface area contributed by atoms with Crippen molar-refractivity contribution < 1.29 is 14.9 Å². The highest BCUT2D eigenvalue weighted by atomic mass is 16.5. The standard InChI is InChI=1S/C31H54O3/c1-20(2)11-10-15-31(8,33)21-12-17-29(6)22(21)19-23(32)26-28(5)16-14-25(34-9)27(3,4)24(28)13-18-30(26,29)7/h11,21-26,32-33H,10,12-19H2,1-9H3/t21-,22?,23?,24?,25-,26?,28-,29+,30+,31?/m0/s1. The second-order valence-electron chi connectivity index (χ2n) is 14.7. The quantitative estimate of drug-likeness (QED) is 0.416. The number of hydrogen-bond donors (Lipinski definition) is 2. The number of allylic oxidation sites excluding steroid dienone is 2. The van der Waals surface area contributed by atoms with Crippen LogP contribution in [0.4, 0.5) is 0 Å². The van der Waals surface area contributed by atoms with E-state index in [-0.39, 0.29) is 33.7 Å². The summed E-state index contributed by atoms with van der Waals surface area (Å²) in [6.45, 7) is 18.8. The third-order valence-corrected chi connectivity index (χ3v) is 12.6. The predicted octanol–water partition coefficient (Wildman–Crippen LogP) is 7.15. The molecule has 0 radical (unpaired) electrons. The summed E-state index contributed by atoms with van der Waals surface area (Å²) in [5.41, 5.74) is 1.22. The minimum atomic E-state index is -0.670. The Bertz CT molecular complexity index is 794. The van der Waals surface area contributed by atoms with E-state index in [1.54, 1.807) is 0 Å². The maximum absolute atomic E-state index is 11.9. The third-order valence-electron chi connectivity index (χ3n) is 12.6. The fourth-order valence-corrected chi connectivity index (χ4v) is 10.8. The summed E-state index contributed by atoms with van der Waals surface area (Å²) in [7, 11) is 1.88. The largest absolute Gasteiger partial charge is 0.393 e. The zero-order chi connectivity index (χ0) is 25.3. The van der Waals surface area contributed by atoms with Gasteiger partial charge >= 0.3 is 0 Å². The van der Waals surface area contributed by atoms with Crippen molar-refractivity contribution in [2.24, 2.45) is 45.3 Å². The van der Waals surface area contributed by atoms with E-state index in [2.05, 4.69) is 61.5 Å². The summed E-state index contributed by atoms with van der Waals surface area (Å²) in [5.74, 6) is 1.58. The maximum Gasteiger partial charge on any atom is 0.0653 e. The Morgan fingerprint density at radius 3 is 2.26 bits per heavy atom. The van der Waals surface area contributed by atoms with E-state index in [9.17, 15) is 10.2 Å². The molecule has 0 aromatic rings. The molecule has 0 spiro atoms. The fourth-order valence-electron chi connectivity index (χ4n) is 10.8. The van der Waals surface area contributed by atoms with E-state index in [1.165, 1.54) is 24.8 Å². The van der Waals surface area contributed by atoms with Gasteiger partial charge in [0, 0.05) is 7.11 Å². The van der Waals surface area contributed by atoms with E-state index < -0.39 is 5.60 Å². The summed E-state index contributed by atoms with van der Waals surface area (Å²) in [6.07, 6.45) is 11.9. The maximum atomic E-state index is 11.9. The van der Waals surface area contributed by atoms with Crippen LogP contribution in [0, 0.1) is 45.3 Å². The molecular formula is C31H54O3. The first-order valence-corrected chi connectivity index (χ1v) is 14.2. The Morgan fingerprint density at radius 2 is 1.65 bits per heavy atom. The number of fused-ring (bicyclic) bond motifs is 5. The molecule has 5 unspecified atom stereocenters. The topological polar surface area (TPSA) is 49.7 Å². The smallest absolute Gasteiger partial charge is 0.0653 e. The number of aliphatic hydroxyl groups is 2. The van der Waals surface area contributed by atoms with Gasteiger partial charge in [0.05, 0.1) is 17.8 Å². The molecule has 0 aliphatic heterocycles. The van der Waals surface area contributed by atoms with Crippen molar-refractivity contribution in [3.05, 3.63) is 11.6 Å². The highest BCUT2D eigenvalue weighted by molar-refractivity contribution is 5.20. The van der Waals surface area contributed by atoms with Crippen LogP contribution in [0.1, 0.15) is 113 Å². The van der Waals surface area contributed by atoms with Gasteiger partial charge in [-0.1, -0.05) is 46.3 Å². The molecule has 196 valence electrons. The lowest BCUT2D eigenvalue weighted by molar-refractivity contribution is -0.257. The predicted molar refractivity (Wildman–Crippen MR) is 140 cm³/mol. The molecule has 2 N–H and O–H groups in total. The summed E-state index contributed by atoms with van der Waals surface area (Å²) in [6, 6.07) is 0. The van der Waals surface area contributed by atoms with Crippen molar-refractivity contribution in [1.29, 1.82) is 0 Å². The van der Waals surface area contributed by atoms with Crippen molar-refractivity contribution in [3.63, 3.8) is 0 Å². The highest BCUT2D eigenvalue weighted by Gasteiger charge is 2.71. The van der Waals surface area contributed by atoms with Gasteiger partial charge in [-0.05, 0) is 124 Å². The lowest BCUT2D eigenvalue weighted by Crippen LogP contribution is -2.67. The molecule has 4 rings (SSSR count). The molecule has 0 saturated heterocycles. The zero-order valence-electron chi connectivity index (χ0n) is 23.7. The van der Waals surface area contributed by atoms with Gasteiger partial charge in [-0.3, -0.25) is 0 Å². The van der Waals surface area contributed by atoms with Crippen LogP contribution in [0.25, 0.3) is 0 Å². The van der Waals surface area contributed by atoms with Crippen molar-refractivity contribution in [2.75, 3.05) is 7.11 Å². The van der Waals surface area contributed by atoms with Crippen LogP contribution in [0.3, 0.4) is 0 Å². The van der Waals surface area contributed by atoms with E-state index in [4.69, 9.17) is 4.74 Å². The molecule has 0 amide bonds. The molecule has 10 atom stereocenters. The molecule has 4 aliphatic carbocycles. The summed E-state index contributed by atoms with van der Waals surface area (Å²) >= 11 is 0. The van der Waals surface area contributed by atoms with Crippen molar-refractivity contribution in [1.82, 2.24) is 0 Å². The Balaban J connectivity index is 1.66. The lowest BCUT2D eigenvalue weighted by Gasteiger charge is -2.71. The first-order chi connectivity index (χ1) is 15.6. The second-order valence-corrected chi connectivity index (χ2v) is 14.7. The second kappa shape index (κ2) is 8.59. The Hall–Kier alpha value is -0.380. The van der Waals surface area contributed by atoms with Crippen LogP contribution in [0.5, 0.6) is 0 Å². The highest BCUT2D eigenvalue weighted by Crippen LogP contribution is 2.75. The molecular weight excluding hydrogens is 420 g/mol. The number of rotatable bonds is 5. The van der Waals surface area contributed by atoms with Crippen LogP contribution in [-0.4, -0.2) is 35.1 Å². The van der Waals surface area contributed by atoms with Gasteiger partial charge in [0.15, 0.2) is 0 Å². The van der Waals surface area contributed by atoms with Gasteiger partial charge in [0.25, 0.3) is 0 Å². The zero-order valence-corrected chi connectivity index (χ0v) is 23.7. The molecule has 4 saturated carbocycles. The van der Waals surface area contributed by atoms with Gasteiger partial charge in [0.2, 0.25) is 0 Å². The van der Waals surface area contributed by atoms with E-state index in [0.717, 1.165) is 38.5 Å². The van der Waals surface area contributed by atoms with Crippen molar-refractivity contribution in [3.8, 4) is 0 Å². The molecule has 4 aliphatic rings. The van der Waals surface area contributed by atoms with Gasteiger partial charge < -0.3 is 14.9 Å². The first-order valence-electron chi connectivity index (χ1n) is 14.2. The Labute approximate surface area is 210 Å². The molecule has 34 heavy (non-hydrogen) atoms. The summed E-state index contributed by atoms with van der Waals surface area (Å²) < 4.78 is 5.98. The minimum Gasteiger partial charge on any atom is -0.393 e. The van der Waals surface area contributed by atoms with Crippen LogP contribution in [0.2, 0.25) is 0 Å². The molecule has 0 heterocycles. The third kappa shape index (κ3) is 3.69. The SMILES string of the molecule is CO[C@H]1CC[C@@]2(C)C(CC[C@]3(C)C2C(O)CC2[C@@H](C(C)(O)CCC=C(C)C)CC[C@]23C)C1(C)C. The van der Waals surface area contributed by atoms with Crippen molar-refractivity contribution in [2.45, 2.75) is 131 Å². The first kappa shape index (κ1) is 26.7. The Morgan fingerprint density at radius 1 is 1.00 bits per heavy atom. The molecule has 3 heteroatoms. The van der Waals surface area contributed by atoms with Crippen LogP contribution in [-0.2, 0) is 4.74 Å². The van der Waals surface area contributed by atoms with Crippen molar-refractivity contribution >= 4 is 0 Å². The van der Waals surface area contributed by atoms with Gasteiger partial charge in [-0.2, -0.15) is 0 Å². The molecule has 0 aromatic carbocycles. The number of methoxy groups -OCH3 is 1. The molecule has 3 nitrogen and oxygen atoms in total. The van der Waals surface area contributed by atoms with E-state index >= 15 is 0 Å². The Kier molecular flexibility index (Phi) is 6.74. The van der Waals surface area contributed by atoms with E-state index in [0.29, 0.717) is 23.9 Å². The van der Waals surface area contributed by atoms with Gasteiger partial charge in [-0.25, -0.2) is 0 Å². The van der Waals surface area contributed by atoms with Crippen LogP contribution >= 0.6 is 0 Å². The average Bonchev–Trinajstić information content (AvgIpc) is 3.06. The summed E-state index contributed by atoms with van der Waals surface area (Å²) in [5, 5.41) is 23.6. The minimum absolute atomic E-state index is 0.112. The summed E-state index contributed by atoms with van der Waals surface area (Å²) in [4.78, 5) is 0. The average molecular weight is 475 g/mol. The fraction of sp³-hybridized carbons (Fsp3) is 0.935. The number of aliphatic hydroxyl groups excluding tert-OH is 1.